The smallest absolute Gasteiger partial charge is 0.510 e. The number of hydrogen-bond donors (Lipinski definition) is 1. The number of pyridine rings is 3. The molecule has 0 amide bonds. The standard InChI is InChI=1S/C16H11N2O.C15H13N3.Ir/c19-16-13(8-5-11-17-16)15-10-4-9-14(18-15)12-6-2-1-3-7-12;1-17-10-11-18(12-17)15-9-5-8-14(16-15)13-6-3-2-4-7-13;/h1-6,8-11H,(H,17,19);2-6,8-12H,1H3;/q-1;-2;+3. The van der Waals surface area contributed by atoms with Gasteiger partial charge >= 0.3 is 20.1 Å². The van der Waals surface area contributed by atoms with Crippen LogP contribution < -0.4 is 4.90 Å². The van der Waals surface area contributed by atoms with Crippen LogP contribution in [0.4, 0.5) is 5.82 Å². The summed E-state index contributed by atoms with van der Waals surface area (Å²) in [5.74, 6) is 0.898. The Hall–Kier alpha value is -4.32. The van der Waals surface area contributed by atoms with Crippen molar-refractivity contribution < 1.29 is 25.2 Å². The van der Waals surface area contributed by atoms with Crippen LogP contribution in [-0.2, 0) is 20.1 Å². The van der Waals surface area contributed by atoms with Crippen molar-refractivity contribution in [2.24, 2.45) is 0 Å². The van der Waals surface area contributed by atoms with Gasteiger partial charge in [-0.15, -0.1) is 78.5 Å². The topological polar surface area (TPSA) is 65.4 Å². The van der Waals surface area contributed by atoms with E-state index in [0.717, 1.165) is 28.3 Å². The van der Waals surface area contributed by atoms with Gasteiger partial charge in [0.15, 0.2) is 0 Å². The Balaban J connectivity index is 0.000000173. The molecule has 0 fully saturated rings. The summed E-state index contributed by atoms with van der Waals surface area (Å²) in [5.41, 5.74) is 5.01. The van der Waals surface area contributed by atoms with E-state index >= 15 is 0 Å². The summed E-state index contributed by atoms with van der Waals surface area (Å²) in [7, 11) is 1.99. The van der Waals surface area contributed by atoms with Crippen LogP contribution in [0.15, 0.2) is 116 Å². The largest absolute Gasteiger partial charge is 3.00 e. The molecule has 6 rings (SSSR count). The number of hydrogen-bond acceptors (Lipinski definition) is 6. The van der Waals surface area contributed by atoms with Crippen molar-refractivity contribution in [2.45, 2.75) is 0 Å². The van der Waals surface area contributed by atoms with Crippen LogP contribution in [0.5, 0.6) is 5.88 Å². The second-order valence-electron chi connectivity index (χ2n) is 8.20. The van der Waals surface area contributed by atoms with Crippen molar-refractivity contribution in [3.05, 3.63) is 134 Å². The number of rotatable bonds is 4. The van der Waals surface area contributed by atoms with Gasteiger partial charge in [-0.3, -0.25) is 9.97 Å². The predicted molar refractivity (Wildman–Crippen MR) is 146 cm³/mol. The summed E-state index contributed by atoms with van der Waals surface area (Å²) in [5, 5.41) is 9.77. The van der Waals surface area contributed by atoms with Gasteiger partial charge < -0.3 is 14.9 Å². The van der Waals surface area contributed by atoms with Crippen LogP contribution in [0, 0.1) is 18.8 Å². The predicted octanol–water partition coefficient (Wildman–Crippen LogP) is 6.20. The average molecular weight is 675 g/mol. The molecule has 4 heterocycles. The van der Waals surface area contributed by atoms with Crippen LogP contribution in [0.1, 0.15) is 0 Å². The Labute approximate surface area is 236 Å². The molecule has 0 atom stereocenters. The van der Waals surface area contributed by atoms with E-state index in [-0.39, 0.29) is 26.0 Å². The van der Waals surface area contributed by atoms with Crippen molar-refractivity contribution >= 4 is 5.82 Å². The van der Waals surface area contributed by atoms with Gasteiger partial charge in [0.05, 0.1) is 17.1 Å². The van der Waals surface area contributed by atoms with Gasteiger partial charge in [0.2, 0.25) is 5.88 Å². The van der Waals surface area contributed by atoms with Crippen LogP contribution in [0.2, 0.25) is 0 Å². The minimum Gasteiger partial charge on any atom is -0.510 e. The zero-order chi connectivity index (χ0) is 25.5. The molecule has 0 saturated carbocycles. The third-order valence-corrected chi connectivity index (χ3v) is 5.55. The van der Waals surface area contributed by atoms with E-state index in [2.05, 4.69) is 27.1 Å². The first kappa shape index (κ1) is 26.7. The molecule has 188 valence electrons. The van der Waals surface area contributed by atoms with Gasteiger partial charge in [0, 0.05) is 6.20 Å². The van der Waals surface area contributed by atoms with Crippen molar-refractivity contribution in [1.29, 1.82) is 0 Å². The van der Waals surface area contributed by atoms with Crippen molar-refractivity contribution in [3.63, 3.8) is 0 Å². The van der Waals surface area contributed by atoms with Crippen LogP contribution >= 0.6 is 0 Å². The molecule has 0 radical (unpaired) electrons. The van der Waals surface area contributed by atoms with E-state index in [1.54, 1.807) is 18.3 Å². The fourth-order valence-electron chi connectivity index (χ4n) is 3.74. The molecule has 3 aromatic heterocycles. The van der Waals surface area contributed by atoms with Gasteiger partial charge in [-0.2, -0.15) is 0 Å². The molecule has 1 aliphatic heterocycles. The number of anilines is 1. The van der Waals surface area contributed by atoms with Crippen LogP contribution in [-0.4, -0.2) is 32.0 Å². The van der Waals surface area contributed by atoms with Crippen molar-refractivity contribution in [3.8, 4) is 39.7 Å². The minimum absolute atomic E-state index is 0. The first-order valence-corrected chi connectivity index (χ1v) is 11.7. The molecule has 6 nitrogen and oxygen atoms in total. The van der Waals surface area contributed by atoms with E-state index < -0.39 is 0 Å². The minimum atomic E-state index is -0.0100. The molecule has 0 saturated heterocycles. The molecular formula is C31H24IrN5O. The average Bonchev–Trinajstić information content (AvgIpc) is 3.41. The van der Waals surface area contributed by atoms with Crippen molar-refractivity contribution in [2.75, 3.05) is 11.9 Å². The molecular weight excluding hydrogens is 651 g/mol. The van der Waals surface area contributed by atoms with Gasteiger partial charge in [-0.05, 0) is 55.1 Å². The quantitative estimate of drug-likeness (QED) is 0.229. The van der Waals surface area contributed by atoms with Crippen LogP contribution in [0.25, 0.3) is 33.8 Å². The number of benzene rings is 2. The van der Waals surface area contributed by atoms with E-state index in [9.17, 15) is 5.11 Å². The number of nitrogens with zero attached hydrogens (tertiary/aromatic N) is 5. The summed E-state index contributed by atoms with van der Waals surface area (Å²) in [6.45, 7) is 1.99. The second kappa shape index (κ2) is 12.8. The molecule has 0 unspecified atom stereocenters. The Morgan fingerprint density at radius 3 is 1.97 bits per heavy atom. The first-order valence-electron chi connectivity index (χ1n) is 11.7. The second-order valence-corrected chi connectivity index (χ2v) is 8.20. The maximum Gasteiger partial charge on any atom is 3.00 e. The molecule has 1 N–H and O–H groups in total. The monoisotopic (exact) mass is 675 g/mol. The SMILES string of the molecule is CN1C=CN(c2cccc(-c3[c-]cccc3)n2)[CH-]1.Oc1ncccc1-c1cccc(-c2[c-]cccc2)n1.[Ir+3]. The zero-order valence-corrected chi connectivity index (χ0v) is 23.0. The number of aromatic hydroxyl groups is 1. The van der Waals surface area contributed by atoms with E-state index in [4.69, 9.17) is 0 Å². The fraction of sp³-hybridized carbons (Fsp3) is 0.0323. The maximum absolute atomic E-state index is 9.77. The third kappa shape index (κ3) is 6.51. The Kier molecular flexibility index (Phi) is 8.98. The Morgan fingerprint density at radius 1 is 0.711 bits per heavy atom. The fourth-order valence-corrected chi connectivity index (χ4v) is 3.74. The summed E-state index contributed by atoms with van der Waals surface area (Å²) in [4.78, 5) is 17.0. The van der Waals surface area contributed by atoms with E-state index in [1.165, 1.54) is 0 Å². The molecule has 2 aromatic carbocycles. The molecule has 7 heteroatoms. The van der Waals surface area contributed by atoms with Crippen LogP contribution in [0.3, 0.4) is 0 Å². The maximum atomic E-state index is 9.77. The molecule has 0 aliphatic carbocycles. The summed E-state index contributed by atoms with van der Waals surface area (Å²) in [6.07, 6.45) is 5.53. The van der Waals surface area contributed by atoms with Gasteiger partial charge in [0.25, 0.3) is 0 Å². The number of aromatic nitrogens is 3. The van der Waals surface area contributed by atoms with Gasteiger partial charge in [0.1, 0.15) is 0 Å². The molecule has 38 heavy (non-hydrogen) atoms. The zero-order valence-electron chi connectivity index (χ0n) is 20.6. The summed E-state index contributed by atoms with van der Waals surface area (Å²) >= 11 is 0. The van der Waals surface area contributed by atoms with E-state index in [1.807, 2.05) is 121 Å². The van der Waals surface area contributed by atoms with Gasteiger partial charge in [-0.1, -0.05) is 24.3 Å². The molecule has 0 bridgehead atoms. The van der Waals surface area contributed by atoms with Gasteiger partial charge in [-0.25, -0.2) is 4.98 Å². The molecule has 0 spiro atoms. The van der Waals surface area contributed by atoms with E-state index in [0.29, 0.717) is 11.3 Å². The third-order valence-electron chi connectivity index (χ3n) is 5.55. The van der Waals surface area contributed by atoms with Crippen molar-refractivity contribution in [1.82, 2.24) is 19.9 Å². The Bertz CT molecular complexity index is 1490. The first-order chi connectivity index (χ1) is 18.2. The molecule has 1 aliphatic rings. The Morgan fingerprint density at radius 2 is 1.37 bits per heavy atom. The molecule has 5 aromatic rings. The normalized spacial score (nSPS) is 11.9. The summed E-state index contributed by atoms with van der Waals surface area (Å²) < 4.78 is 0. The summed E-state index contributed by atoms with van der Waals surface area (Å²) in [6, 6.07) is 37.1.